The summed E-state index contributed by atoms with van der Waals surface area (Å²) in [5, 5.41) is 3.07. The molecule has 0 spiro atoms. The summed E-state index contributed by atoms with van der Waals surface area (Å²) in [7, 11) is 0. The monoisotopic (exact) mass is 378 g/mol. The van der Waals surface area contributed by atoms with Crippen LogP contribution in [0, 0.1) is 0 Å². The Hall–Kier alpha value is -3.10. The normalized spacial score (nSPS) is 15.9. The summed E-state index contributed by atoms with van der Waals surface area (Å²) < 4.78 is 7.28. The van der Waals surface area contributed by atoms with Crippen molar-refractivity contribution in [2.24, 2.45) is 0 Å². The van der Waals surface area contributed by atoms with E-state index in [2.05, 4.69) is 25.2 Å². The average Bonchev–Trinajstić information content (AvgIpc) is 3.29. The number of ether oxygens (including phenoxy) is 1. The largest absolute Gasteiger partial charge is 0.379 e. The molecule has 0 bridgehead atoms. The second-order valence-electron chi connectivity index (χ2n) is 6.51. The molecular formula is C20H22N6O2. The summed E-state index contributed by atoms with van der Waals surface area (Å²) in [6.45, 7) is 3.04. The maximum atomic E-state index is 13.2. The van der Waals surface area contributed by atoms with Gasteiger partial charge in [0.25, 0.3) is 0 Å². The van der Waals surface area contributed by atoms with Gasteiger partial charge in [-0.25, -0.2) is 9.97 Å². The van der Waals surface area contributed by atoms with Crippen LogP contribution in [0.15, 0.2) is 61.6 Å². The van der Waals surface area contributed by atoms with Gasteiger partial charge in [-0.3, -0.25) is 19.2 Å². The number of amides is 1. The standard InChI is InChI=1S/C20H22N6O2/c27-20(18(16-3-1-5-21-13-16)25-9-11-28-12-10-25)24-14-17-4-2-6-23-19(17)26-8-7-22-15-26/h1-8,13,15,18H,9-12,14H2,(H,24,27)/t18-/m1/s1. The quantitative estimate of drug-likeness (QED) is 0.697. The third-order valence-electron chi connectivity index (χ3n) is 4.73. The second kappa shape index (κ2) is 8.73. The molecule has 0 unspecified atom stereocenters. The second-order valence-corrected chi connectivity index (χ2v) is 6.51. The Morgan fingerprint density at radius 2 is 2.00 bits per heavy atom. The lowest BCUT2D eigenvalue weighted by atomic mass is 10.1. The summed E-state index contributed by atoms with van der Waals surface area (Å²) in [6, 6.07) is 7.21. The smallest absolute Gasteiger partial charge is 0.242 e. The number of morpholine rings is 1. The minimum absolute atomic E-state index is 0.0599. The molecule has 8 nitrogen and oxygen atoms in total. The highest BCUT2D eigenvalue weighted by molar-refractivity contribution is 5.83. The van der Waals surface area contributed by atoms with E-state index < -0.39 is 6.04 Å². The van der Waals surface area contributed by atoms with E-state index in [0.717, 1.165) is 16.9 Å². The summed E-state index contributed by atoms with van der Waals surface area (Å²) in [5.74, 6) is 0.694. The highest BCUT2D eigenvalue weighted by atomic mass is 16.5. The summed E-state index contributed by atoms with van der Waals surface area (Å²) >= 11 is 0. The Bertz CT molecular complexity index is 894. The lowest BCUT2D eigenvalue weighted by Gasteiger charge is -2.33. The lowest BCUT2D eigenvalue weighted by molar-refractivity contribution is -0.128. The van der Waals surface area contributed by atoms with Gasteiger partial charge in [0.2, 0.25) is 5.91 Å². The molecule has 4 rings (SSSR count). The number of hydrogen-bond donors (Lipinski definition) is 1. The van der Waals surface area contributed by atoms with E-state index in [-0.39, 0.29) is 5.91 Å². The molecule has 3 aromatic heterocycles. The van der Waals surface area contributed by atoms with Crippen molar-refractivity contribution in [2.75, 3.05) is 26.3 Å². The van der Waals surface area contributed by atoms with Gasteiger partial charge >= 0.3 is 0 Å². The van der Waals surface area contributed by atoms with Gasteiger partial charge in [-0.1, -0.05) is 12.1 Å². The molecule has 1 amide bonds. The average molecular weight is 378 g/mol. The number of pyridine rings is 2. The van der Waals surface area contributed by atoms with Crippen molar-refractivity contribution in [3.8, 4) is 5.82 Å². The van der Waals surface area contributed by atoms with E-state index in [0.29, 0.717) is 32.8 Å². The number of carbonyl (C=O) groups is 1. The molecule has 8 heteroatoms. The zero-order valence-corrected chi connectivity index (χ0v) is 15.4. The number of hydrogen-bond acceptors (Lipinski definition) is 6. The molecule has 0 aromatic carbocycles. The zero-order valence-electron chi connectivity index (χ0n) is 15.4. The number of imidazole rings is 1. The molecule has 0 saturated carbocycles. The Balaban J connectivity index is 1.53. The third kappa shape index (κ3) is 4.08. The van der Waals surface area contributed by atoms with Gasteiger partial charge in [-0.15, -0.1) is 0 Å². The van der Waals surface area contributed by atoms with Crippen LogP contribution in [0.5, 0.6) is 0 Å². The molecule has 1 saturated heterocycles. The number of carbonyl (C=O) groups excluding carboxylic acids is 1. The summed E-state index contributed by atoms with van der Waals surface area (Å²) in [4.78, 5) is 28.0. The molecule has 0 aliphatic carbocycles. The van der Waals surface area contributed by atoms with Crippen molar-refractivity contribution < 1.29 is 9.53 Å². The van der Waals surface area contributed by atoms with E-state index in [1.54, 1.807) is 31.1 Å². The van der Waals surface area contributed by atoms with Gasteiger partial charge in [-0.05, 0) is 17.7 Å². The fourth-order valence-corrected chi connectivity index (χ4v) is 3.37. The van der Waals surface area contributed by atoms with Gasteiger partial charge < -0.3 is 10.1 Å². The van der Waals surface area contributed by atoms with Gasteiger partial charge in [0.15, 0.2) is 0 Å². The molecular weight excluding hydrogens is 356 g/mol. The first-order valence-corrected chi connectivity index (χ1v) is 9.24. The molecule has 0 radical (unpaired) electrons. The Kier molecular flexibility index (Phi) is 5.69. The number of nitrogens with zero attached hydrogens (tertiary/aromatic N) is 5. The Labute approximate surface area is 163 Å². The topological polar surface area (TPSA) is 85.2 Å². The first kappa shape index (κ1) is 18.3. The number of rotatable bonds is 6. The third-order valence-corrected chi connectivity index (χ3v) is 4.73. The van der Waals surface area contributed by atoms with E-state index >= 15 is 0 Å². The van der Waals surface area contributed by atoms with E-state index in [4.69, 9.17) is 4.74 Å². The molecule has 28 heavy (non-hydrogen) atoms. The van der Waals surface area contributed by atoms with Crippen LogP contribution in [-0.4, -0.2) is 56.6 Å². The molecule has 1 aliphatic heterocycles. The number of nitrogens with one attached hydrogen (secondary N) is 1. The van der Waals surface area contributed by atoms with Crippen molar-refractivity contribution >= 4 is 5.91 Å². The fourth-order valence-electron chi connectivity index (χ4n) is 3.37. The van der Waals surface area contributed by atoms with Crippen LogP contribution in [0.4, 0.5) is 0 Å². The maximum absolute atomic E-state index is 13.2. The van der Waals surface area contributed by atoms with Crippen molar-refractivity contribution in [1.82, 2.24) is 29.7 Å². The highest BCUT2D eigenvalue weighted by Gasteiger charge is 2.29. The van der Waals surface area contributed by atoms with E-state index in [1.807, 2.05) is 35.0 Å². The lowest BCUT2D eigenvalue weighted by Crippen LogP contribution is -2.45. The van der Waals surface area contributed by atoms with Crippen LogP contribution in [0.25, 0.3) is 5.82 Å². The zero-order chi connectivity index (χ0) is 19.2. The van der Waals surface area contributed by atoms with Crippen molar-refractivity contribution in [3.05, 3.63) is 72.7 Å². The maximum Gasteiger partial charge on any atom is 0.242 e. The van der Waals surface area contributed by atoms with Gasteiger partial charge in [-0.2, -0.15) is 0 Å². The fraction of sp³-hybridized carbons (Fsp3) is 0.300. The minimum Gasteiger partial charge on any atom is -0.379 e. The number of aromatic nitrogens is 4. The highest BCUT2D eigenvalue weighted by Crippen LogP contribution is 2.22. The van der Waals surface area contributed by atoms with Gasteiger partial charge in [0, 0.05) is 56.2 Å². The van der Waals surface area contributed by atoms with Crippen LogP contribution in [0.2, 0.25) is 0 Å². The van der Waals surface area contributed by atoms with Crippen LogP contribution in [0.1, 0.15) is 17.2 Å². The van der Waals surface area contributed by atoms with Crippen LogP contribution >= 0.6 is 0 Å². The summed E-state index contributed by atoms with van der Waals surface area (Å²) in [5.41, 5.74) is 1.80. The first-order valence-electron chi connectivity index (χ1n) is 9.24. The van der Waals surface area contributed by atoms with Crippen LogP contribution in [-0.2, 0) is 16.1 Å². The molecule has 1 fully saturated rings. The van der Waals surface area contributed by atoms with Crippen molar-refractivity contribution in [2.45, 2.75) is 12.6 Å². The molecule has 1 N–H and O–H groups in total. The molecule has 4 heterocycles. The van der Waals surface area contributed by atoms with Crippen molar-refractivity contribution in [1.29, 1.82) is 0 Å². The van der Waals surface area contributed by atoms with Gasteiger partial charge in [0.1, 0.15) is 18.2 Å². The van der Waals surface area contributed by atoms with Gasteiger partial charge in [0.05, 0.1) is 13.2 Å². The first-order chi connectivity index (χ1) is 13.8. The van der Waals surface area contributed by atoms with E-state index in [1.165, 1.54) is 0 Å². The molecule has 3 aromatic rings. The van der Waals surface area contributed by atoms with Crippen LogP contribution in [0.3, 0.4) is 0 Å². The molecule has 144 valence electrons. The van der Waals surface area contributed by atoms with Crippen LogP contribution < -0.4 is 5.32 Å². The SMILES string of the molecule is O=C(NCc1cccnc1-n1ccnc1)[C@@H](c1cccnc1)N1CCOCC1. The molecule has 1 atom stereocenters. The van der Waals surface area contributed by atoms with Crippen molar-refractivity contribution in [3.63, 3.8) is 0 Å². The predicted molar refractivity (Wildman–Crippen MR) is 103 cm³/mol. The molecule has 1 aliphatic rings. The van der Waals surface area contributed by atoms with E-state index in [9.17, 15) is 4.79 Å². The predicted octanol–water partition coefficient (Wildman–Crippen LogP) is 1.35. The minimum atomic E-state index is -0.397. The summed E-state index contributed by atoms with van der Waals surface area (Å²) in [6.07, 6.45) is 10.4. The Morgan fingerprint density at radius 1 is 1.14 bits per heavy atom. The Morgan fingerprint density at radius 3 is 2.75 bits per heavy atom.